The SMILES string of the molecule is CCOC(=O)Cn1cc(-c2cnc(NCc3cccc(OC(F)(F)F)c3)nc2)nn1. The molecule has 9 nitrogen and oxygen atoms in total. The van der Waals surface area contributed by atoms with E-state index in [4.69, 9.17) is 4.74 Å². The van der Waals surface area contributed by atoms with Crippen molar-refractivity contribution >= 4 is 11.9 Å². The Labute approximate surface area is 168 Å². The maximum atomic E-state index is 12.3. The highest BCUT2D eigenvalue weighted by Crippen LogP contribution is 2.23. The molecule has 0 aliphatic carbocycles. The van der Waals surface area contributed by atoms with Crippen LogP contribution < -0.4 is 10.1 Å². The van der Waals surface area contributed by atoms with E-state index in [2.05, 4.69) is 30.3 Å². The highest BCUT2D eigenvalue weighted by Gasteiger charge is 2.31. The predicted molar refractivity (Wildman–Crippen MR) is 98.1 cm³/mol. The van der Waals surface area contributed by atoms with Crippen molar-refractivity contribution in [3.63, 3.8) is 0 Å². The minimum atomic E-state index is -4.75. The summed E-state index contributed by atoms with van der Waals surface area (Å²) < 4.78 is 47.0. The second-order valence-electron chi connectivity index (χ2n) is 5.95. The predicted octanol–water partition coefficient (Wildman–Crippen LogP) is 2.81. The molecule has 0 atom stereocenters. The lowest BCUT2D eigenvalue weighted by Gasteiger charge is -2.10. The molecule has 0 aliphatic heterocycles. The Bertz CT molecular complexity index is 991. The van der Waals surface area contributed by atoms with E-state index < -0.39 is 12.3 Å². The van der Waals surface area contributed by atoms with E-state index >= 15 is 0 Å². The van der Waals surface area contributed by atoms with Crippen molar-refractivity contribution < 1.29 is 27.4 Å². The largest absolute Gasteiger partial charge is 0.573 e. The molecule has 0 spiro atoms. The first-order valence-corrected chi connectivity index (χ1v) is 8.79. The zero-order valence-electron chi connectivity index (χ0n) is 15.8. The molecule has 2 aromatic heterocycles. The van der Waals surface area contributed by atoms with Crippen LogP contribution in [-0.2, 0) is 22.6 Å². The zero-order chi connectivity index (χ0) is 21.6. The summed E-state index contributed by atoms with van der Waals surface area (Å²) in [5.41, 5.74) is 1.62. The van der Waals surface area contributed by atoms with Gasteiger partial charge in [-0.05, 0) is 24.6 Å². The van der Waals surface area contributed by atoms with Gasteiger partial charge in [0.05, 0.1) is 12.8 Å². The third-order valence-corrected chi connectivity index (χ3v) is 3.67. The van der Waals surface area contributed by atoms with Crippen LogP contribution in [0, 0.1) is 0 Å². The number of hydrogen-bond acceptors (Lipinski definition) is 8. The van der Waals surface area contributed by atoms with E-state index in [-0.39, 0.29) is 31.4 Å². The molecule has 158 valence electrons. The molecule has 3 aromatic rings. The second-order valence-corrected chi connectivity index (χ2v) is 5.95. The number of rotatable bonds is 8. The standard InChI is InChI=1S/C18H17F3N6O3/c1-2-29-16(28)11-27-10-15(25-26-27)13-8-23-17(24-9-13)22-7-12-4-3-5-14(6-12)30-18(19,20)21/h3-6,8-10H,2,7,11H2,1H3,(H,22,23,24). The van der Waals surface area contributed by atoms with Gasteiger partial charge in [-0.3, -0.25) is 4.79 Å². The van der Waals surface area contributed by atoms with Crippen LogP contribution in [-0.4, -0.2) is 43.9 Å². The van der Waals surface area contributed by atoms with E-state index in [9.17, 15) is 18.0 Å². The summed E-state index contributed by atoms with van der Waals surface area (Å²) in [7, 11) is 0. The number of ether oxygens (including phenoxy) is 2. The number of carbonyl (C=O) groups is 1. The summed E-state index contributed by atoms with van der Waals surface area (Å²) in [4.78, 5) is 19.8. The lowest BCUT2D eigenvalue weighted by atomic mass is 10.2. The molecule has 0 radical (unpaired) electrons. The number of alkyl halides is 3. The maximum absolute atomic E-state index is 12.3. The molecule has 3 rings (SSSR count). The number of hydrogen-bond donors (Lipinski definition) is 1. The summed E-state index contributed by atoms with van der Waals surface area (Å²) in [6.07, 6.45) is -0.160. The third kappa shape index (κ3) is 6.15. The normalized spacial score (nSPS) is 11.2. The molecule has 2 heterocycles. The summed E-state index contributed by atoms with van der Waals surface area (Å²) in [6.45, 7) is 2.13. The molecule has 0 saturated carbocycles. The van der Waals surface area contributed by atoms with Crippen LogP contribution in [0.1, 0.15) is 12.5 Å². The molecule has 0 fully saturated rings. The van der Waals surface area contributed by atoms with Gasteiger partial charge in [0.15, 0.2) is 0 Å². The highest BCUT2D eigenvalue weighted by atomic mass is 19.4. The Hall–Kier alpha value is -3.70. The summed E-state index contributed by atoms with van der Waals surface area (Å²) in [5, 5.41) is 10.7. The lowest BCUT2D eigenvalue weighted by molar-refractivity contribution is -0.274. The first-order valence-electron chi connectivity index (χ1n) is 8.79. The minimum absolute atomic E-state index is 0.0571. The number of nitrogens with one attached hydrogen (secondary N) is 1. The van der Waals surface area contributed by atoms with Gasteiger partial charge in [0, 0.05) is 24.5 Å². The number of carbonyl (C=O) groups excluding carboxylic acids is 1. The molecule has 0 amide bonds. The van der Waals surface area contributed by atoms with Crippen LogP contribution in [0.3, 0.4) is 0 Å². The molecule has 0 aliphatic rings. The van der Waals surface area contributed by atoms with E-state index in [1.807, 2.05) is 0 Å². The van der Waals surface area contributed by atoms with Crippen LogP contribution in [0.25, 0.3) is 11.3 Å². The first-order chi connectivity index (χ1) is 14.3. The monoisotopic (exact) mass is 422 g/mol. The topological polar surface area (TPSA) is 104 Å². The van der Waals surface area contributed by atoms with Gasteiger partial charge in [0.2, 0.25) is 5.95 Å². The molecular weight excluding hydrogens is 405 g/mol. The smallest absolute Gasteiger partial charge is 0.465 e. The van der Waals surface area contributed by atoms with Gasteiger partial charge >= 0.3 is 12.3 Å². The van der Waals surface area contributed by atoms with Crippen molar-refractivity contribution in [2.24, 2.45) is 0 Å². The summed E-state index contributed by atoms with van der Waals surface area (Å²) in [5.74, 6) is -0.446. The summed E-state index contributed by atoms with van der Waals surface area (Å²) in [6, 6.07) is 5.60. The van der Waals surface area contributed by atoms with Gasteiger partial charge in [-0.1, -0.05) is 17.3 Å². The number of nitrogens with zero attached hydrogens (tertiary/aromatic N) is 5. The van der Waals surface area contributed by atoms with Crippen molar-refractivity contribution in [3.05, 3.63) is 48.4 Å². The Balaban J connectivity index is 1.58. The Kier molecular flexibility index (Phi) is 6.45. The second kappa shape index (κ2) is 9.20. The van der Waals surface area contributed by atoms with Gasteiger partial charge < -0.3 is 14.8 Å². The minimum Gasteiger partial charge on any atom is -0.465 e. The fourth-order valence-corrected chi connectivity index (χ4v) is 2.43. The molecule has 0 saturated heterocycles. The van der Waals surface area contributed by atoms with E-state index in [0.29, 0.717) is 16.8 Å². The lowest BCUT2D eigenvalue weighted by Crippen LogP contribution is -2.17. The number of benzene rings is 1. The maximum Gasteiger partial charge on any atom is 0.573 e. The average molecular weight is 422 g/mol. The van der Waals surface area contributed by atoms with Crippen molar-refractivity contribution in [2.75, 3.05) is 11.9 Å². The Morgan fingerprint density at radius 2 is 2.00 bits per heavy atom. The van der Waals surface area contributed by atoms with Gasteiger partial charge in [-0.15, -0.1) is 18.3 Å². The molecule has 1 aromatic carbocycles. The van der Waals surface area contributed by atoms with Crippen LogP contribution in [0.2, 0.25) is 0 Å². The summed E-state index contributed by atoms with van der Waals surface area (Å²) >= 11 is 0. The van der Waals surface area contributed by atoms with Crippen LogP contribution in [0.4, 0.5) is 19.1 Å². The zero-order valence-corrected chi connectivity index (χ0v) is 15.8. The molecule has 1 N–H and O–H groups in total. The number of halogens is 3. The highest BCUT2D eigenvalue weighted by molar-refractivity contribution is 5.69. The quantitative estimate of drug-likeness (QED) is 0.553. The van der Waals surface area contributed by atoms with Crippen LogP contribution in [0.15, 0.2) is 42.9 Å². The Morgan fingerprint density at radius 1 is 1.23 bits per heavy atom. The average Bonchev–Trinajstić information content (AvgIpc) is 3.14. The van der Waals surface area contributed by atoms with Crippen molar-refractivity contribution in [3.8, 4) is 17.0 Å². The molecular formula is C18H17F3N6O3. The molecule has 12 heteroatoms. The van der Waals surface area contributed by atoms with Gasteiger partial charge in [0.25, 0.3) is 0 Å². The van der Waals surface area contributed by atoms with Crippen LogP contribution >= 0.6 is 0 Å². The van der Waals surface area contributed by atoms with Crippen molar-refractivity contribution in [1.82, 2.24) is 25.0 Å². The molecule has 0 unspecified atom stereocenters. The van der Waals surface area contributed by atoms with E-state index in [0.717, 1.165) is 0 Å². The number of aromatic nitrogens is 5. The van der Waals surface area contributed by atoms with E-state index in [1.165, 1.54) is 35.3 Å². The fourth-order valence-electron chi connectivity index (χ4n) is 2.43. The van der Waals surface area contributed by atoms with Gasteiger partial charge in [-0.2, -0.15) is 0 Å². The molecule has 0 bridgehead atoms. The molecule has 30 heavy (non-hydrogen) atoms. The van der Waals surface area contributed by atoms with Crippen molar-refractivity contribution in [2.45, 2.75) is 26.4 Å². The number of anilines is 1. The number of esters is 1. The van der Waals surface area contributed by atoms with Gasteiger partial charge in [-0.25, -0.2) is 14.6 Å². The first kappa shape index (κ1) is 21.0. The Morgan fingerprint density at radius 3 is 2.70 bits per heavy atom. The van der Waals surface area contributed by atoms with Crippen LogP contribution in [0.5, 0.6) is 5.75 Å². The fraction of sp³-hybridized carbons (Fsp3) is 0.278. The van der Waals surface area contributed by atoms with E-state index in [1.54, 1.807) is 19.2 Å². The van der Waals surface area contributed by atoms with Crippen molar-refractivity contribution in [1.29, 1.82) is 0 Å². The third-order valence-electron chi connectivity index (χ3n) is 3.67. The van der Waals surface area contributed by atoms with Gasteiger partial charge in [0.1, 0.15) is 18.0 Å².